The summed E-state index contributed by atoms with van der Waals surface area (Å²) in [5, 5.41) is 24.2. The average Bonchev–Trinajstić information content (AvgIpc) is 3.48. The van der Waals surface area contributed by atoms with Crippen LogP contribution in [0.3, 0.4) is 0 Å². The van der Waals surface area contributed by atoms with Crippen molar-refractivity contribution in [2.75, 3.05) is 49.8 Å². The normalized spacial score (nSPS) is 14.4. The summed E-state index contributed by atoms with van der Waals surface area (Å²) in [6.07, 6.45) is 7.64. The van der Waals surface area contributed by atoms with Gasteiger partial charge < -0.3 is 30.3 Å². The van der Waals surface area contributed by atoms with Gasteiger partial charge in [0.25, 0.3) is 0 Å². The largest absolute Gasteiger partial charge is 0.495 e. The van der Waals surface area contributed by atoms with Crippen LogP contribution in [-0.2, 0) is 5.60 Å². The van der Waals surface area contributed by atoms with Crippen molar-refractivity contribution < 1.29 is 9.84 Å². The van der Waals surface area contributed by atoms with Gasteiger partial charge in [0.05, 0.1) is 30.4 Å². The van der Waals surface area contributed by atoms with E-state index >= 15 is 0 Å². The molecule has 5 rings (SSSR count). The van der Waals surface area contributed by atoms with E-state index in [9.17, 15) is 5.11 Å². The van der Waals surface area contributed by atoms with Crippen LogP contribution in [0, 0.1) is 0 Å². The van der Waals surface area contributed by atoms with Crippen LogP contribution in [0.15, 0.2) is 61.1 Å². The molecule has 1 saturated heterocycles. The number of aromatic amines is 1. The summed E-state index contributed by atoms with van der Waals surface area (Å²) in [4.78, 5) is 14.0. The van der Waals surface area contributed by atoms with Crippen molar-refractivity contribution in [2.24, 2.45) is 0 Å². The molecule has 0 atom stereocenters. The number of hydrogen-bond donors (Lipinski definition) is 4. The molecule has 0 unspecified atom stereocenters. The van der Waals surface area contributed by atoms with E-state index in [0.29, 0.717) is 23.4 Å². The van der Waals surface area contributed by atoms with Crippen LogP contribution in [0.25, 0.3) is 11.1 Å². The number of hydrogen-bond acceptors (Lipinski definition) is 9. The Balaban J connectivity index is 1.39. The number of anilines is 5. The Hall–Kier alpha value is -4.15. The number of methoxy groups -OCH3 is 1. The number of rotatable bonds is 9. The zero-order valence-corrected chi connectivity index (χ0v) is 23.8. The number of piperidine rings is 1. The van der Waals surface area contributed by atoms with Gasteiger partial charge in [0.1, 0.15) is 23.0 Å². The summed E-state index contributed by atoms with van der Waals surface area (Å²) in [7, 11) is 6.02. The molecule has 0 saturated carbocycles. The minimum absolute atomic E-state index is 0.577. The summed E-state index contributed by atoms with van der Waals surface area (Å²) >= 11 is 0. The highest BCUT2D eigenvalue weighted by Crippen LogP contribution is 2.36. The first-order valence-electron chi connectivity index (χ1n) is 13.5. The predicted octanol–water partition coefficient (Wildman–Crippen LogP) is 5.12. The Morgan fingerprint density at radius 1 is 1.05 bits per heavy atom. The summed E-state index contributed by atoms with van der Waals surface area (Å²) in [6.45, 7) is 5.44. The second-order valence-corrected chi connectivity index (χ2v) is 10.9. The fourth-order valence-corrected chi connectivity index (χ4v) is 5.03. The molecule has 210 valence electrons. The number of nitrogens with one attached hydrogen (secondary N) is 3. The highest BCUT2D eigenvalue weighted by Gasteiger charge is 2.23. The van der Waals surface area contributed by atoms with Gasteiger partial charge in [-0.3, -0.25) is 5.10 Å². The maximum Gasteiger partial charge on any atom is 0.144 e. The van der Waals surface area contributed by atoms with Gasteiger partial charge in [-0.1, -0.05) is 6.07 Å². The molecule has 1 aliphatic heterocycles. The second-order valence-electron chi connectivity index (χ2n) is 10.9. The molecular weight excluding hydrogens is 504 g/mol. The molecular formula is C30H38N8O2. The molecule has 0 amide bonds. The van der Waals surface area contributed by atoms with Crippen LogP contribution >= 0.6 is 0 Å². The Bertz CT molecular complexity index is 1420. The molecule has 0 radical (unpaired) electrons. The maximum absolute atomic E-state index is 10.4. The minimum atomic E-state index is -1.05. The van der Waals surface area contributed by atoms with Crippen molar-refractivity contribution in [3.63, 3.8) is 0 Å². The van der Waals surface area contributed by atoms with Gasteiger partial charge in [-0.25, -0.2) is 9.97 Å². The second kappa shape index (κ2) is 11.5. The highest BCUT2D eigenvalue weighted by atomic mass is 16.5. The Morgan fingerprint density at radius 3 is 2.52 bits per heavy atom. The van der Waals surface area contributed by atoms with E-state index in [2.05, 4.69) is 66.8 Å². The topological polar surface area (TPSA) is 114 Å². The van der Waals surface area contributed by atoms with Crippen molar-refractivity contribution in [1.82, 2.24) is 25.1 Å². The van der Waals surface area contributed by atoms with E-state index in [-0.39, 0.29) is 0 Å². The van der Waals surface area contributed by atoms with Crippen LogP contribution in [0.4, 0.5) is 28.7 Å². The SMILES string of the molecule is COc1cc(Nc2cc(Nc3cccc(C(C)(C)O)n3)c(-c3cn[nH]c3)cn2)ccc1N1CCC(N(C)C)CC1. The molecule has 4 heterocycles. The van der Waals surface area contributed by atoms with E-state index in [0.717, 1.165) is 59.9 Å². The number of nitrogens with zero attached hydrogens (tertiary/aromatic N) is 5. The summed E-state index contributed by atoms with van der Waals surface area (Å²) < 4.78 is 5.80. The number of aliphatic hydroxyl groups is 1. The van der Waals surface area contributed by atoms with E-state index < -0.39 is 5.60 Å². The van der Waals surface area contributed by atoms with E-state index in [1.165, 1.54) is 0 Å². The van der Waals surface area contributed by atoms with Crippen molar-refractivity contribution in [3.8, 4) is 16.9 Å². The van der Waals surface area contributed by atoms with Gasteiger partial charge in [-0.2, -0.15) is 5.10 Å². The predicted molar refractivity (Wildman–Crippen MR) is 160 cm³/mol. The third kappa shape index (κ3) is 6.19. The number of ether oxygens (including phenoxy) is 1. The third-order valence-electron chi connectivity index (χ3n) is 7.34. The number of H-pyrrole nitrogens is 1. The molecule has 4 N–H and O–H groups in total. The first-order chi connectivity index (χ1) is 19.2. The molecule has 10 heteroatoms. The first kappa shape index (κ1) is 27.4. The third-order valence-corrected chi connectivity index (χ3v) is 7.34. The van der Waals surface area contributed by atoms with Gasteiger partial charge in [0.2, 0.25) is 0 Å². The molecule has 0 bridgehead atoms. The monoisotopic (exact) mass is 542 g/mol. The van der Waals surface area contributed by atoms with E-state index in [4.69, 9.17) is 4.74 Å². The molecule has 3 aromatic heterocycles. The van der Waals surface area contributed by atoms with Crippen molar-refractivity contribution >= 4 is 28.7 Å². The van der Waals surface area contributed by atoms with Gasteiger partial charge >= 0.3 is 0 Å². The molecule has 40 heavy (non-hydrogen) atoms. The van der Waals surface area contributed by atoms with Crippen LogP contribution in [0.5, 0.6) is 5.75 Å². The van der Waals surface area contributed by atoms with E-state index in [1.54, 1.807) is 33.4 Å². The molecule has 0 aliphatic carbocycles. The number of aromatic nitrogens is 4. The molecule has 4 aromatic rings. The van der Waals surface area contributed by atoms with E-state index in [1.807, 2.05) is 36.5 Å². The zero-order chi connectivity index (χ0) is 28.3. The Kier molecular flexibility index (Phi) is 7.90. The lowest BCUT2D eigenvalue weighted by Gasteiger charge is -2.37. The van der Waals surface area contributed by atoms with Crippen LogP contribution in [0.1, 0.15) is 32.4 Å². The van der Waals surface area contributed by atoms with Crippen LogP contribution < -0.4 is 20.3 Å². The van der Waals surface area contributed by atoms with Crippen LogP contribution in [-0.4, -0.2) is 70.5 Å². The minimum Gasteiger partial charge on any atom is -0.495 e. The summed E-state index contributed by atoms with van der Waals surface area (Å²) in [5.74, 6) is 2.11. The standard InChI is InChI=1S/C30H38N8O2/c1-30(2,39)27-7-6-8-28(36-27)35-24-16-29(31-19-23(24)20-17-32-33-18-20)34-21-9-10-25(26(15-21)40-5)38-13-11-22(12-14-38)37(3)4/h6-10,15-19,22,39H,11-14H2,1-5H3,(H,32,33)(H2,31,34,35,36). The molecule has 1 aromatic carbocycles. The van der Waals surface area contributed by atoms with Gasteiger partial charge in [-0.15, -0.1) is 0 Å². The smallest absolute Gasteiger partial charge is 0.144 e. The van der Waals surface area contributed by atoms with Gasteiger partial charge in [0, 0.05) is 60.5 Å². The molecule has 0 spiro atoms. The zero-order valence-electron chi connectivity index (χ0n) is 23.8. The first-order valence-corrected chi connectivity index (χ1v) is 13.5. The van der Waals surface area contributed by atoms with Crippen LogP contribution in [0.2, 0.25) is 0 Å². The highest BCUT2D eigenvalue weighted by molar-refractivity contribution is 5.82. The van der Waals surface area contributed by atoms with Crippen molar-refractivity contribution in [2.45, 2.75) is 38.3 Å². The Morgan fingerprint density at radius 2 is 1.85 bits per heavy atom. The van der Waals surface area contributed by atoms with Crippen molar-refractivity contribution in [1.29, 1.82) is 0 Å². The summed E-state index contributed by atoms with van der Waals surface area (Å²) in [6, 6.07) is 14.3. The van der Waals surface area contributed by atoms with Crippen molar-refractivity contribution in [3.05, 3.63) is 66.7 Å². The lowest BCUT2D eigenvalue weighted by molar-refractivity contribution is 0.0740. The molecule has 10 nitrogen and oxygen atoms in total. The Labute approximate surface area is 235 Å². The van der Waals surface area contributed by atoms with Gasteiger partial charge in [-0.05, 0) is 65.0 Å². The lowest BCUT2D eigenvalue weighted by atomic mass is 10.0. The molecule has 1 aliphatic rings. The number of benzene rings is 1. The fraction of sp³-hybridized carbons (Fsp3) is 0.367. The quantitative estimate of drug-likeness (QED) is 0.229. The molecule has 1 fully saturated rings. The maximum atomic E-state index is 10.4. The average molecular weight is 543 g/mol. The number of pyridine rings is 2. The summed E-state index contributed by atoms with van der Waals surface area (Å²) in [5.41, 5.74) is 4.06. The lowest BCUT2D eigenvalue weighted by Crippen LogP contribution is -2.42. The van der Waals surface area contributed by atoms with Gasteiger partial charge in [0.15, 0.2) is 0 Å². The fourth-order valence-electron chi connectivity index (χ4n) is 5.03.